The maximum absolute atomic E-state index is 9.26. The molecule has 0 spiro atoms. The minimum absolute atomic E-state index is 0.118. The topological polar surface area (TPSA) is 81.5 Å². The van der Waals surface area contributed by atoms with E-state index in [1.165, 1.54) is 5.56 Å². The molecule has 0 N–H and O–H groups in total. The zero-order chi connectivity index (χ0) is 23.2. The lowest BCUT2D eigenvalue weighted by molar-refractivity contribution is 0.366. The Morgan fingerprint density at radius 3 is 2.16 bits per heavy atom. The number of anilines is 1. The van der Waals surface area contributed by atoms with Crippen molar-refractivity contribution in [1.29, 1.82) is 10.5 Å². The SMILES string of the molecule is [B]c1cc(C)c(-n2c(C)c(C)c3c(N4CCC(C(C#N)C#N)CC4)nc(C)nc32)c(C)c1. The fourth-order valence-corrected chi connectivity index (χ4v) is 5.08. The van der Waals surface area contributed by atoms with E-state index in [0.29, 0.717) is 0 Å². The van der Waals surface area contributed by atoms with Crippen LogP contribution in [0.15, 0.2) is 12.1 Å². The molecule has 0 amide bonds. The van der Waals surface area contributed by atoms with Crippen LogP contribution in [-0.2, 0) is 0 Å². The lowest BCUT2D eigenvalue weighted by atomic mass is 9.86. The van der Waals surface area contributed by atoms with E-state index in [9.17, 15) is 10.5 Å². The van der Waals surface area contributed by atoms with Crippen LogP contribution in [0, 0.1) is 69.1 Å². The third-order valence-corrected chi connectivity index (χ3v) is 6.77. The molecule has 32 heavy (non-hydrogen) atoms. The molecule has 1 aromatic carbocycles. The van der Waals surface area contributed by atoms with Crippen molar-refractivity contribution in [2.24, 2.45) is 11.8 Å². The van der Waals surface area contributed by atoms with Crippen LogP contribution in [-0.4, -0.2) is 35.5 Å². The van der Waals surface area contributed by atoms with Gasteiger partial charge < -0.3 is 4.90 Å². The van der Waals surface area contributed by atoms with Crippen LogP contribution in [0.4, 0.5) is 5.82 Å². The van der Waals surface area contributed by atoms with Gasteiger partial charge in [0.15, 0.2) is 5.65 Å². The van der Waals surface area contributed by atoms with E-state index < -0.39 is 5.92 Å². The number of fused-ring (bicyclic) bond motifs is 1. The molecule has 2 aromatic heterocycles. The van der Waals surface area contributed by atoms with Crippen LogP contribution in [0.1, 0.15) is 41.1 Å². The third kappa shape index (κ3) is 3.52. The molecule has 0 aliphatic carbocycles. The highest BCUT2D eigenvalue weighted by Crippen LogP contribution is 2.37. The van der Waals surface area contributed by atoms with E-state index in [1.807, 2.05) is 19.1 Å². The standard InChI is InChI=1S/C25H27BN6/c1-14-10-21(26)11-15(2)23(14)32-17(4)16(3)22-24(29-18(5)30-25(22)32)31-8-6-19(7-9-31)20(12-27)13-28/h10-11,19-20H,6-9H2,1-5H3. The van der Waals surface area contributed by atoms with E-state index in [1.54, 1.807) is 0 Å². The van der Waals surface area contributed by atoms with Crippen LogP contribution in [0.2, 0.25) is 0 Å². The minimum Gasteiger partial charge on any atom is -0.356 e. The Morgan fingerprint density at radius 2 is 1.59 bits per heavy atom. The minimum atomic E-state index is -0.536. The molecule has 3 aromatic rings. The summed E-state index contributed by atoms with van der Waals surface area (Å²) in [5, 5.41) is 19.6. The summed E-state index contributed by atoms with van der Waals surface area (Å²) >= 11 is 0. The zero-order valence-corrected chi connectivity index (χ0v) is 19.4. The maximum Gasteiger partial charge on any atom is 0.150 e. The van der Waals surface area contributed by atoms with E-state index in [-0.39, 0.29) is 5.92 Å². The van der Waals surface area contributed by atoms with Gasteiger partial charge in [0.1, 0.15) is 25.4 Å². The second-order valence-electron chi connectivity index (χ2n) is 8.90. The van der Waals surface area contributed by atoms with Crippen LogP contribution < -0.4 is 10.4 Å². The second-order valence-corrected chi connectivity index (χ2v) is 8.90. The first kappa shape index (κ1) is 21.9. The molecule has 0 saturated carbocycles. The first-order valence-corrected chi connectivity index (χ1v) is 11.0. The molecule has 0 atom stereocenters. The molecule has 6 nitrogen and oxygen atoms in total. The summed E-state index contributed by atoms with van der Waals surface area (Å²) in [4.78, 5) is 12.0. The molecule has 0 unspecified atom stereocenters. The summed E-state index contributed by atoms with van der Waals surface area (Å²) in [6.07, 6.45) is 1.62. The predicted octanol–water partition coefficient (Wildman–Crippen LogP) is 3.64. The zero-order valence-electron chi connectivity index (χ0n) is 19.4. The number of aromatic nitrogens is 3. The maximum atomic E-state index is 9.26. The van der Waals surface area contributed by atoms with Crippen molar-refractivity contribution < 1.29 is 0 Å². The number of hydrogen-bond donors (Lipinski definition) is 0. The highest BCUT2D eigenvalue weighted by atomic mass is 15.2. The summed E-state index contributed by atoms with van der Waals surface area (Å²) in [5.41, 5.74) is 7.31. The van der Waals surface area contributed by atoms with Crippen molar-refractivity contribution in [2.45, 2.75) is 47.5 Å². The van der Waals surface area contributed by atoms with Gasteiger partial charge >= 0.3 is 0 Å². The van der Waals surface area contributed by atoms with Gasteiger partial charge in [0.05, 0.1) is 23.2 Å². The highest BCUT2D eigenvalue weighted by molar-refractivity contribution is 6.32. The normalized spacial score (nSPS) is 14.7. The average molecular weight is 422 g/mol. The van der Waals surface area contributed by atoms with Crippen molar-refractivity contribution in [3.05, 3.63) is 40.3 Å². The Balaban J connectivity index is 1.84. The van der Waals surface area contributed by atoms with Gasteiger partial charge in [-0.15, -0.1) is 0 Å². The van der Waals surface area contributed by atoms with Crippen LogP contribution in [0.25, 0.3) is 16.7 Å². The molecule has 1 fully saturated rings. The molecule has 3 heterocycles. The molecule has 1 saturated heterocycles. The molecular formula is C25H27BN6. The van der Waals surface area contributed by atoms with Gasteiger partial charge in [0, 0.05) is 18.8 Å². The van der Waals surface area contributed by atoms with Gasteiger partial charge in [-0.3, -0.25) is 4.57 Å². The summed E-state index contributed by atoms with van der Waals surface area (Å²) < 4.78 is 2.24. The molecule has 2 radical (unpaired) electrons. The second kappa shape index (κ2) is 8.32. The molecule has 1 aliphatic heterocycles. The molecular weight excluding hydrogens is 395 g/mol. The summed E-state index contributed by atoms with van der Waals surface area (Å²) in [6.45, 7) is 11.9. The van der Waals surface area contributed by atoms with Crippen molar-refractivity contribution in [2.75, 3.05) is 18.0 Å². The number of nitrogens with zero attached hydrogens (tertiary/aromatic N) is 6. The Morgan fingerprint density at radius 1 is 1.00 bits per heavy atom. The lowest BCUT2D eigenvalue weighted by Crippen LogP contribution is -2.36. The Kier molecular flexibility index (Phi) is 5.69. The number of nitriles is 2. The smallest absolute Gasteiger partial charge is 0.150 e. The van der Waals surface area contributed by atoms with Gasteiger partial charge in [-0.2, -0.15) is 10.5 Å². The van der Waals surface area contributed by atoms with Crippen LogP contribution in [0.5, 0.6) is 0 Å². The fraction of sp³-hybridized carbons (Fsp3) is 0.440. The van der Waals surface area contributed by atoms with Gasteiger partial charge in [-0.05, 0) is 70.1 Å². The Bertz CT molecular complexity index is 1250. The monoisotopic (exact) mass is 422 g/mol. The Labute approximate surface area is 190 Å². The van der Waals surface area contributed by atoms with E-state index in [4.69, 9.17) is 17.8 Å². The predicted molar refractivity (Wildman–Crippen MR) is 128 cm³/mol. The van der Waals surface area contributed by atoms with Crippen LogP contribution in [0.3, 0.4) is 0 Å². The van der Waals surface area contributed by atoms with Crippen molar-refractivity contribution in [1.82, 2.24) is 14.5 Å². The summed E-state index contributed by atoms with van der Waals surface area (Å²) in [6, 6.07) is 8.31. The summed E-state index contributed by atoms with van der Waals surface area (Å²) in [5.74, 6) is 1.26. The number of piperidine rings is 1. The van der Waals surface area contributed by atoms with Gasteiger partial charge in [-0.1, -0.05) is 17.6 Å². The fourth-order valence-electron chi connectivity index (χ4n) is 5.08. The van der Waals surface area contributed by atoms with Gasteiger partial charge in [-0.25, -0.2) is 9.97 Å². The van der Waals surface area contributed by atoms with Crippen molar-refractivity contribution in [3.63, 3.8) is 0 Å². The highest BCUT2D eigenvalue weighted by Gasteiger charge is 2.29. The van der Waals surface area contributed by atoms with Crippen LogP contribution >= 0.6 is 0 Å². The average Bonchev–Trinajstić information content (AvgIpc) is 2.99. The first-order valence-electron chi connectivity index (χ1n) is 11.0. The van der Waals surface area contributed by atoms with E-state index >= 15 is 0 Å². The molecule has 0 bridgehead atoms. The number of aryl methyl sites for hydroxylation is 4. The first-order chi connectivity index (χ1) is 15.3. The third-order valence-electron chi connectivity index (χ3n) is 6.77. The summed E-state index contributed by atoms with van der Waals surface area (Å²) in [7, 11) is 6.08. The molecule has 160 valence electrons. The number of hydrogen-bond acceptors (Lipinski definition) is 5. The van der Waals surface area contributed by atoms with E-state index in [2.05, 4.69) is 49.3 Å². The molecule has 1 aliphatic rings. The Hall–Kier alpha value is -3.32. The van der Waals surface area contributed by atoms with Crippen molar-refractivity contribution >= 4 is 30.2 Å². The number of rotatable bonds is 3. The van der Waals surface area contributed by atoms with Gasteiger partial charge in [0.25, 0.3) is 0 Å². The molecule has 4 rings (SSSR count). The number of benzene rings is 1. The van der Waals surface area contributed by atoms with E-state index in [0.717, 1.165) is 76.6 Å². The van der Waals surface area contributed by atoms with Crippen molar-refractivity contribution in [3.8, 4) is 17.8 Å². The quantitative estimate of drug-likeness (QED) is 0.602. The lowest BCUT2D eigenvalue weighted by Gasteiger charge is -2.33. The molecule has 7 heteroatoms. The van der Waals surface area contributed by atoms with Gasteiger partial charge in [0.2, 0.25) is 0 Å². The largest absolute Gasteiger partial charge is 0.356 e.